The highest BCUT2D eigenvalue weighted by atomic mass is 19.4. The Morgan fingerprint density at radius 1 is 1.33 bits per heavy atom. The maximum absolute atomic E-state index is 12.6. The summed E-state index contributed by atoms with van der Waals surface area (Å²) in [5.74, 6) is -1.23. The highest BCUT2D eigenvalue weighted by molar-refractivity contribution is 5.11. The molecule has 1 heterocycles. The summed E-state index contributed by atoms with van der Waals surface area (Å²) in [6.07, 6.45) is -2.21. The van der Waals surface area contributed by atoms with Crippen molar-refractivity contribution in [3.63, 3.8) is 0 Å². The van der Waals surface area contributed by atoms with E-state index in [-0.39, 0.29) is 18.8 Å². The second-order valence-electron chi connectivity index (χ2n) is 6.03. The summed E-state index contributed by atoms with van der Waals surface area (Å²) < 4.78 is 39.7. The van der Waals surface area contributed by atoms with E-state index < -0.39 is 18.2 Å². The Bertz CT molecular complexity index is 462. The molecule has 0 aliphatic heterocycles. The van der Waals surface area contributed by atoms with E-state index in [1.807, 2.05) is 20.0 Å². The van der Waals surface area contributed by atoms with Gasteiger partial charge in [0.25, 0.3) is 0 Å². The van der Waals surface area contributed by atoms with Gasteiger partial charge in [0.1, 0.15) is 0 Å². The first kappa shape index (κ1) is 16.3. The number of hydrogen-bond donors (Lipinski definition) is 1. The monoisotopic (exact) mass is 304 g/mol. The minimum Gasteiger partial charge on any atom is -0.392 e. The standard InChI is InChI=1S/C15H23F3N2O/c1-3-12-8-13(20(2)19-12)9-14(21)10-4-6-11(7-5-10)15(16,17)18/h8,10-11,14,21H,3-7,9H2,1-2H3. The maximum Gasteiger partial charge on any atom is 0.391 e. The van der Waals surface area contributed by atoms with Crippen LogP contribution >= 0.6 is 0 Å². The Kier molecular flexibility index (Phi) is 4.96. The first-order chi connectivity index (χ1) is 9.81. The molecule has 1 unspecified atom stereocenters. The highest BCUT2D eigenvalue weighted by Gasteiger charge is 2.42. The molecule has 6 heteroatoms. The minimum absolute atomic E-state index is 0.0384. The van der Waals surface area contributed by atoms with Gasteiger partial charge in [-0.3, -0.25) is 4.68 Å². The Balaban J connectivity index is 1.90. The van der Waals surface area contributed by atoms with E-state index in [1.54, 1.807) is 4.68 Å². The molecular formula is C15H23F3N2O. The third kappa shape index (κ3) is 3.99. The highest BCUT2D eigenvalue weighted by Crippen LogP contribution is 2.40. The third-order valence-corrected chi connectivity index (χ3v) is 4.59. The molecule has 1 saturated carbocycles. The quantitative estimate of drug-likeness (QED) is 0.927. The lowest BCUT2D eigenvalue weighted by atomic mass is 9.78. The Hall–Kier alpha value is -1.04. The van der Waals surface area contributed by atoms with E-state index in [2.05, 4.69) is 5.10 Å². The van der Waals surface area contributed by atoms with Crippen LogP contribution in [0.3, 0.4) is 0 Å². The minimum atomic E-state index is -4.09. The van der Waals surface area contributed by atoms with Crippen molar-refractivity contribution in [2.75, 3.05) is 0 Å². The normalized spacial score (nSPS) is 25.0. The van der Waals surface area contributed by atoms with Crippen molar-refractivity contribution in [3.05, 3.63) is 17.5 Å². The van der Waals surface area contributed by atoms with Crippen LogP contribution in [0.4, 0.5) is 13.2 Å². The van der Waals surface area contributed by atoms with Gasteiger partial charge in [-0.05, 0) is 44.1 Å². The summed E-state index contributed by atoms with van der Waals surface area (Å²) in [4.78, 5) is 0. The number of aryl methyl sites for hydroxylation is 2. The zero-order valence-electron chi connectivity index (χ0n) is 12.5. The molecule has 3 nitrogen and oxygen atoms in total. The van der Waals surface area contributed by atoms with Gasteiger partial charge in [-0.2, -0.15) is 18.3 Å². The van der Waals surface area contributed by atoms with E-state index in [4.69, 9.17) is 0 Å². The first-order valence-corrected chi connectivity index (χ1v) is 7.57. The molecule has 1 aliphatic rings. The topological polar surface area (TPSA) is 38.0 Å². The summed E-state index contributed by atoms with van der Waals surface area (Å²) in [5.41, 5.74) is 1.91. The van der Waals surface area contributed by atoms with Crippen molar-refractivity contribution in [1.29, 1.82) is 0 Å². The summed E-state index contributed by atoms with van der Waals surface area (Å²) >= 11 is 0. The summed E-state index contributed by atoms with van der Waals surface area (Å²) in [7, 11) is 1.84. The predicted molar refractivity (Wildman–Crippen MR) is 73.8 cm³/mol. The molecule has 1 N–H and O–H groups in total. The lowest BCUT2D eigenvalue weighted by Crippen LogP contribution is -2.33. The SMILES string of the molecule is CCc1cc(CC(O)C2CCC(C(F)(F)F)CC2)n(C)n1. The van der Waals surface area contributed by atoms with Crippen LogP contribution in [0.1, 0.15) is 44.0 Å². The maximum atomic E-state index is 12.6. The smallest absolute Gasteiger partial charge is 0.391 e. The molecule has 0 amide bonds. The fourth-order valence-electron chi connectivity index (χ4n) is 3.15. The molecule has 0 aromatic carbocycles. The lowest BCUT2D eigenvalue weighted by Gasteiger charge is -2.32. The molecule has 1 aromatic heterocycles. The average molecular weight is 304 g/mol. The zero-order valence-corrected chi connectivity index (χ0v) is 12.5. The number of nitrogens with zero attached hydrogens (tertiary/aromatic N) is 2. The number of alkyl halides is 3. The molecule has 1 fully saturated rings. The Morgan fingerprint density at radius 3 is 2.43 bits per heavy atom. The number of hydrogen-bond acceptors (Lipinski definition) is 2. The molecular weight excluding hydrogens is 281 g/mol. The van der Waals surface area contributed by atoms with Gasteiger partial charge in [0.05, 0.1) is 17.7 Å². The predicted octanol–water partition coefficient (Wildman–Crippen LogP) is 3.25. The summed E-state index contributed by atoms with van der Waals surface area (Å²) in [6, 6.07) is 1.96. The average Bonchev–Trinajstić information content (AvgIpc) is 2.78. The molecule has 21 heavy (non-hydrogen) atoms. The molecule has 1 aliphatic carbocycles. The summed E-state index contributed by atoms with van der Waals surface area (Å²) in [6.45, 7) is 2.01. The summed E-state index contributed by atoms with van der Waals surface area (Å²) in [5, 5.41) is 14.6. The van der Waals surface area contributed by atoms with Gasteiger partial charge < -0.3 is 5.11 Å². The van der Waals surface area contributed by atoms with Gasteiger partial charge in [0.2, 0.25) is 0 Å². The molecule has 120 valence electrons. The zero-order chi connectivity index (χ0) is 15.6. The Labute approximate surface area is 123 Å². The van der Waals surface area contributed by atoms with Crippen LogP contribution < -0.4 is 0 Å². The molecule has 0 bridgehead atoms. The van der Waals surface area contributed by atoms with Crippen LogP contribution in [0.25, 0.3) is 0 Å². The number of halogens is 3. The van der Waals surface area contributed by atoms with Gasteiger partial charge in [0, 0.05) is 19.2 Å². The van der Waals surface area contributed by atoms with Crippen molar-refractivity contribution in [3.8, 4) is 0 Å². The van der Waals surface area contributed by atoms with Crippen molar-refractivity contribution in [2.45, 2.75) is 57.7 Å². The van der Waals surface area contributed by atoms with Gasteiger partial charge in [0.15, 0.2) is 0 Å². The van der Waals surface area contributed by atoms with E-state index in [0.29, 0.717) is 19.3 Å². The van der Waals surface area contributed by atoms with Crippen LogP contribution in [0.5, 0.6) is 0 Å². The van der Waals surface area contributed by atoms with Crippen molar-refractivity contribution < 1.29 is 18.3 Å². The van der Waals surface area contributed by atoms with Crippen LogP contribution in [0.15, 0.2) is 6.07 Å². The molecule has 0 radical (unpaired) electrons. The molecule has 1 atom stereocenters. The van der Waals surface area contributed by atoms with Gasteiger partial charge in [-0.25, -0.2) is 0 Å². The van der Waals surface area contributed by atoms with Gasteiger partial charge in [-0.15, -0.1) is 0 Å². The second kappa shape index (κ2) is 6.38. The van der Waals surface area contributed by atoms with Crippen LogP contribution in [-0.4, -0.2) is 27.2 Å². The van der Waals surface area contributed by atoms with Crippen molar-refractivity contribution >= 4 is 0 Å². The van der Waals surface area contributed by atoms with Crippen LogP contribution in [-0.2, 0) is 19.9 Å². The number of aromatic nitrogens is 2. The molecule has 1 aromatic rings. The van der Waals surface area contributed by atoms with E-state index in [9.17, 15) is 18.3 Å². The van der Waals surface area contributed by atoms with Crippen LogP contribution in [0.2, 0.25) is 0 Å². The fourth-order valence-corrected chi connectivity index (χ4v) is 3.15. The molecule has 0 spiro atoms. The van der Waals surface area contributed by atoms with E-state index in [1.165, 1.54) is 0 Å². The first-order valence-electron chi connectivity index (χ1n) is 7.57. The van der Waals surface area contributed by atoms with Gasteiger partial charge >= 0.3 is 6.18 Å². The fraction of sp³-hybridized carbons (Fsp3) is 0.800. The third-order valence-electron chi connectivity index (χ3n) is 4.59. The number of aliphatic hydroxyl groups excluding tert-OH is 1. The Morgan fingerprint density at radius 2 is 1.95 bits per heavy atom. The molecule has 0 saturated heterocycles. The molecule has 2 rings (SSSR count). The van der Waals surface area contributed by atoms with E-state index >= 15 is 0 Å². The second-order valence-corrected chi connectivity index (χ2v) is 6.03. The van der Waals surface area contributed by atoms with Crippen molar-refractivity contribution in [2.24, 2.45) is 18.9 Å². The van der Waals surface area contributed by atoms with Crippen molar-refractivity contribution in [1.82, 2.24) is 9.78 Å². The largest absolute Gasteiger partial charge is 0.392 e. The lowest BCUT2D eigenvalue weighted by molar-refractivity contribution is -0.185. The van der Waals surface area contributed by atoms with Gasteiger partial charge in [-0.1, -0.05) is 6.92 Å². The number of rotatable bonds is 4. The number of aliphatic hydroxyl groups is 1. The van der Waals surface area contributed by atoms with Crippen LogP contribution in [0, 0.1) is 11.8 Å². The van der Waals surface area contributed by atoms with E-state index in [0.717, 1.165) is 17.8 Å².